The Balaban J connectivity index is 2.13. The summed E-state index contributed by atoms with van der Waals surface area (Å²) >= 11 is 3.33. The third kappa shape index (κ3) is 3.72. The average Bonchev–Trinajstić information content (AvgIpc) is 3.22. The van der Waals surface area contributed by atoms with Crippen molar-refractivity contribution >= 4 is 15.9 Å². The second-order valence-corrected chi connectivity index (χ2v) is 5.63. The van der Waals surface area contributed by atoms with Gasteiger partial charge in [-0.25, -0.2) is 0 Å². The van der Waals surface area contributed by atoms with Crippen molar-refractivity contribution in [2.75, 3.05) is 11.9 Å². The first-order valence-corrected chi connectivity index (χ1v) is 7.88. The van der Waals surface area contributed by atoms with Crippen LogP contribution in [0.5, 0.6) is 5.75 Å². The summed E-state index contributed by atoms with van der Waals surface area (Å²) in [6.45, 7) is 2.92. The fourth-order valence-corrected chi connectivity index (χ4v) is 2.37. The maximum absolute atomic E-state index is 9.95. The van der Waals surface area contributed by atoms with Gasteiger partial charge in [0.05, 0.1) is 12.7 Å². The molecule has 1 aliphatic carbocycles. The van der Waals surface area contributed by atoms with Crippen LogP contribution < -0.4 is 4.74 Å². The third-order valence-electron chi connectivity index (χ3n) is 3.30. The number of rotatable bonds is 7. The van der Waals surface area contributed by atoms with Crippen LogP contribution in [0, 0.1) is 0 Å². The molecule has 1 atom stereocenters. The second-order valence-electron chi connectivity index (χ2n) is 4.98. The molecule has 1 aromatic carbocycles. The quantitative estimate of drug-likeness (QED) is 0.605. The number of hydrogen-bond donors (Lipinski definition) is 1. The molecule has 3 heteroatoms. The summed E-state index contributed by atoms with van der Waals surface area (Å²) in [6, 6.07) is 6.22. The van der Waals surface area contributed by atoms with E-state index in [1.807, 2.05) is 6.07 Å². The van der Waals surface area contributed by atoms with E-state index < -0.39 is 6.10 Å². The van der Waals surface area contributed by atoms with Crippen LogP contribution in [-0.4, -0.2) is 17.0 Å². The first kappa shape index (κ1) is 13.9. The Labute approximate surface area is 117 Å². The summed E-state index contributed by atoms with van der Waals surface area (Å²) in [4.78, 5) is 0. The average molecular weight is 313 g/mol. The number of aliphatic hydroxyl groups is 1. The minimum Gasteiger partial charge on any atom is -0.494 e. The van der Waals surface area contributed by atoms with Crippen molar-refractivity contribution in [2.45, 2.75) is 44.6 Å². The van der Waals surface area contributed by atoms with Crippen molar-refractivity contribution < 1.29 is 9.84 Å². The molecule has 1 fully saturated rings. The minimum absolute atomic E-state index is 0.447. The van der Waals surface area contributed by atoms with Gasteiger partial charge in [-0.15, -0.1) is 0 Å². The zero-order valence-electron chi connectivity index (χ0n) is 10.9. The molecular formula is C15H21BrO2. The maximum Gasteiger partial charge on any atom is 0.119 e. The largest absolute Gasteiger partial charge is 0.494 e. The van der Waals surface area contributed by atoms with Gasteiger partial charge in [-0.3, -0.25) is 0 Å². The Hall–Kier alpha value is -0.540. The van der Waals surface area contributed by atoms with E-state index in [1.165, 1.54) is 18.4 Å². The van der Waals surface area contributed by atoms with E-state index in [9.17, 15) is 5.11 Å². The lowest BCUT2D eigenvalue weighted by Gasteiger charge is -2.13. The summed E-state index contributed by atoms with van der Waals surface area (Å²) in [5, 5.41) is 10.5. The third-order valence-corrected chi connectivity index (χ3v) is 3.91. The van der Waals surface area contributed by atoms with Crippen LogP contribution in [0.3, 0.4) is 0 Å². The summed E-state index contributed by atoms with van der Waals surface area (Å²) in [7, 11) is 0. The molecule has 0 amide bonds. The van der Waals surface area contributed by atoms with Gasteiger partial charge >= 0.3 is 0 Å². The van der Waals surface area contributed by atoms with Crippen LogP contribution in [0.15, 0.2) is 18.2 Å². The molecule has 0 heterocycles. The highest BCUT2D eigenvalue weighted by Gasteiger charge is 2.25. The van der Waals surface area contributed by atoms with Gasteiger partial charge in [0.15, 0.2) is 0 Å². The molecule has 1 unspecified atom stereocenters. The normalized spacial score (nSPS) is 16.6. The predicted octanol–water partition coefficient (Wildman–Crippen LogP) is 4.17. The lowest BCUT2D eigenvalue weighted by atomic mass is 10.0. The van der Waals surface area contributed by atoms with E-state index in [2.05, 4.69) is 35.0 Å². The van der Waals surface area contributed by atoms with Crippen LogP contribution in [0.25, 0.3) is 0 Å². The van der Waals surface area contributed by atoms with Crippen LogP contribution >= 0.6 is 15.9 Å². The van der Waals surface area contributed by atoms with E-state index >= 15 is 0 Å². The van der Waals surface area contributed by atoms with Gasteiger partial charge < -0.3 is 9.84 Å². The van der Waals surface area contributed by atoms with Gasteiger partial charge in [-0.2, -0.15) is 0 Å². The predicted molar refractivity (Wildman–Crippen MR) is 77.6 cm³/mol. The van der Waals surface area contributed by atoms with Crippen molar-refractivity contribution in [3.8, 4) is 5.75 Å². The van der Waals surface area contributed by atoms with Gasteiger partial charge in [0.25, 0.3) is 0 Å². The molecule has 1 aromatic rings. The van der Waals surface area contributed by atoms with E-state index in [0.717, 1.165) is 30.8 Å². The Morgan fingerprint density at radius 2 is 2.17 bits per heavy atom. The van der Waals surface area contributed by atoms with Crippen molar-refractivity contribution in [3.05, 3.63) is 29.3 Å². The summed E-state index contributed by atoms with van der Waals surface area (Å²) < 4.78 is 5.77. The fourth-order valence-electron chi connectivity index (χ4n) is 2.00. The van der Waals surface area contributed by atoms with E-state index in [-0.39, 0.29) is 0 Å². The Morgan fingerprint density at radius 3 is 2.78 bits per heavy atom. The van der Waals surface area contributed by atoms with E-state index in [4.69, 9.17) is 4.74 Å². The molecule has 0 aliphatic heterocycles. The van der Waals surface area contributed by atoms with Crippen LogP contribution in [0.4, 0.5) is 0 Å². The molecule has 1 saturated carbocycles. The topological polar surface area (TPSA) is 29.5 Å². The molecule has 0 aromatic heterocycles. The van der Waals surface area contributed by atoms with E-state index in [1.54, 1.807) is 0 Å². The first-order chi connectivity index (χ1) is 8.74. The maximum atomic E-state index is 9.95. The smallest absolute Gasteiger partial charge is 0.119 e. The minimum atomic E-state index is -0.447. The summed E-state index contributed by atoms with van der Waals surface area (Å²) in [6.07, 6.45) is 4.30. The first-order valence-electron chi connectivity index (χ1n) is 6.76. The van der Waals surface area contributed by atoms with Crippen LogP contribution in [0.1, 0.15) is 55.8 Å². The fraction of sp³-hybridized carbons (Fsp3) is 0.600. The lowest BCUT2D eigenvalue weighted by Crippen LogP contribution is -2.02. The standard InChI is InChI=1S/C15H21BrO2/c1-2-3-6-18-14-8-12(11-4-5-11)7-13(9-14)15(17)10-16/h7-9,11,15,17H,2-6,10H2,1H3. The Bertz CT molecular complexity index is 388. The number of alkyl halides is 1. The Morgan fingerprint density at radius 1 is 1.39 bits per heavy atom. The summed E-state index contributed by atoms with van der Waals surface area (Å²) in [5.74, 6) is 1.59. The highest BCUT2D eigenvalue weighted by atomic mass is 79.9. The number of halogens is 1. The van der Waals surface area contributed by atoms with Crippen molar-refractivity contribution in [1.29, 1.82) is 0 Å². The highest BCUT2D eigenvalue weighted by molar-refractivity contribution is 9.09. The molecule has 0 radical (unpaired) electrons. The molecule has 2 nitrogen and oxygen atoms in total. The van der Waals surface area contributed by atoms with E-state index in [0.29, 0.717) is 11.2 Å². The van der Waals surface area contributed by atoms with Crippen LogP contribution in [-0.2, 0) is 0 Å². The van der Waals surface area contributed by atoms with Gasteiger partial charge in [0.2, 0.25) is 0 Å². The molecule has 0 saturated heterocycles. The summed E-state index contributed by atoms with van der Waals surface area (Å²) in [5.41, 5.74) is 2.28. The second kappa shape index (κ2) is 6.58. The monoisotopic (exact) mass is 312 g/mol. The highest BCUT2D eigenvalue weighted by Crippen LogP contribution is 2.42. The molecular weight excluding hydrogens is 292 g/mol. The van der Waals surface area contributed by atoms with Crippen LogP contribution in [0.2, 0.25) is 0 Å². The number of hydrogen-bond acceptors (Lipinski definition) is 2. The Kier molecular flexibility index (Phi) is 5.07. The van der Waals surface area contributed by atoms with Crippen molar-refractivity contribution in [3.63, 3.8) is 0 Å². The zero-order valence-corrected chi connectivity index (χ0v) is 12.4. The van der Waals surface area contributed by atoms with Gasteiger partial charge in [-0.1, -0.05) is 35.3 Å². The van der Waals surface area contributed by atoms with Crippen molar-refractivity contribution in [1.82, 2.24) is 0 Å². The zero-order chi connectivity index (χ0) is 13.0. The molecule has 18 heavy (non-hydrogen) atoms. The molecule has 1 N–H and O–H groups in total. The molecule has 2 rings (SSSR count). The number of aliphatic hydroxyl groups excluding tert-OH is 1. The van der Waals surface area contributed by atoms with Crippen molar-refractivity contribution in [2.24, 2.45) is 0 Å². The van der Waals surface area contributed by atoms with Gasteiger partial charge in [0, 0.05) is 5.33 Å². The molecule has 0 bridgehead atoms. The SMILES string of the molecule is CCCCOc1cc(C(O)CBr)cc(C2CC2)c1. The molecule has 0 spiro atoms. The molecule has 100 valence electrons. The number of ether oxygens (including phenoxy) is 1. The van der Waals surface area contributed by atoms with Gasteiger partial charge in [0.1, 0.15) is 5.75 Å². The van der Waals surface area contributed by atoms with Gasteiger partial charge in [-0.05, 0) is 48.4 Å². The molecule has 1 aliphatic rings. The lowest BCUT2D eigenvalue weighted by molar-refractivity contribution is 0.204. The number of unbranched alkanes of at least 4 members (excludes halogenated alkanes) is 1. The number of benzene rings is 1.